The monoisotopic (exact) mass is 512 g/mol. The summed E-state index contributed by atoms with van der Waals surface area (Å²) < 4.78 is 5.63. The van der Waals surface area contributed by atoms with Gasteiger partial charge in [-0.15, -0.1) is 12.4 Å². The summed E-state index contributed by atoms with van der Waals surface area (Å²) in [5.74, 6) is 2.41. The number of halogens is 1. The lowest BCUT2D eigenvalue weighted by Crippen LogP contribution is -2.36. The minimum atomic E-state index is 0. The predicted molar refractivity (Wildman–Crippen MR) is 153 cm³/mol. The van der Waals surface area contributed by atoms with E-state index in [1.165, 1.54) is 12.8 Å². The van der Waals surface area contributed by atoms with Crippen molar-refractivity contribution in [3.8, 4) is 5.75 Å². The molecule has 3 aromatic rings. The Balaban J connectivity index is 0.00000361. The van der Waals surface area contributed by atoms with Gasteiger partial charge in [0.05, 0.1) is 12.6 Å². The Hall–Kier alpha value is -2.61. The molecule has 0 aliphatic heterocycles. The van der Waals surface area contributed by atoms with Gasteiger partial charge >= 0.3 is 0 Å². The largest absolute Gasteiger partial charge is 0.496 e. The van der Waals surface area contributed by atoms with Gasteiger partial charge in [-0.1, -0.05) is 26.0 Å². The molecule has 7 nitrogen and oxygen atoms in total. The zero-order valence-corrected chi connectivity index (χ0v) is 23.1. The van der Waals surface area contributed by atoms with E-state index in [-0.39, 0.29) is 12.4 Å². The number of rotatable bonds is 10. The van der Waals surface area contributed by atoms with Gasteiger partial charge in [-0.3, -0.25) is 4.90 Å². The SMILES string of the molecule is CCN(CC)Cc1cc(Nc2nc(NC3CCC(N(C)C)CC3)c3ccccc3n2)ccc1OC.Cl. The molecular formula is C28H41ClN6O. The van der Waals surface area contributed by atoms with Crippen molar-refractivity contribution in [3.05, 3.63) is 48.0 Å². The minimum Gasteiger partial charge on any atom is -0.496 e. The van der Waals surface area contributed by atoms with Crippen LogP contribution in [0.25, 0.3) is 10.9 Å². The van der Waals surface area contributed by atoms with Crippen LogP contribution in [0.4, 0.5) is 17.5 Å². The fourth-order valence-electron chi connectivity index (χ4n) is 4.97. The minimum absolute atomic E-state index is 0. The van der Waals surface area contributed by atoms with E-state index in [1.807, 2.05) is 18.2 Å². The maximum absolute atomic E-state index is 5.63. The molecule has 196 valence electrons. The van der Waals surface area contributed by atoms with Gasteiger partial charge in [0.2, 0.25) is 5.95 Å². The van der Waals surface area contributed by atoms with Crippen molar-refractivity contribution in [1.82, 2.24) is 19.8 Å². The molecule has 36 heavy (non-hydrogen) atoms. The molecule has 1 saturated carbocycles. The Labute approximate surface area is 222 Å². The molecule has 1 fully saturated rings. The van der Waals surface area contributed by atoms with E-state index in [1.54, 1.807) is 7.11 Å². The summed E-state index contributed by atoms with van der Waals surface area (Å²) >= 11 is 0. The van der Waals surface area contributed by atoms with Crippen molar-refractivity contribution in [2.75, 3.05) is 44.9 Å². The van der Waals surface area contributed by atoms with Crippen molar-refractivity contribution < 1.29 is 4.74 Å². The summed E-state index contributed by atoms with van der Waals surface area (Å²) in [6.45, 7) is 7.20. The third kappa shape index (κ3) is 6.78. The molecule has 4 rings (SSSR count). The molecule has 1 aromatic heterocycles. The fraction of sp³-hybridized carbons (Fsp3) is 0.500. The molecule has 0 saturated heterocycles. The third-order valence-corrected chi connectivity index (χ3v) is 7.20. The molecule has 0 atom stereocenters. The summed E-state index contributed by atoms with van der Waals surface area (Å²) in [6, 6.07) is 15.5. The molecule has 8 heteroatoms. The number of methoxy groups -OCH3 is 1. The van der Waals surface area contributed by atoms with E-state index in [2.05, 4.69) is 72.6 Å². The van der Waals surface area contributed by atoms with Crippen molar-refractivity contribution in [1.29, 1.82) is 0 Å². The normalized spacial score (nSPS) is 17.8. The lowest BCUT2D eigenvalue weighted by Gasteiger charge is -2.33. The highest BCUT2D eigenvalue weighted by Gasteiger charge is 2.23. The van der Waals surface area contributed by atoms with Crippen LogP contribution in [-0.4, -0.2) is 66.1 Å². The van der Waals surface area contributed by atoms with Crippen LogP contribution in [-0.2, 0) is 6.54 Å². The van der Waals surface area contributed by atoms with Crippen molar-refractivity contribution in [2.45, 2.75) is 58.2 Å². The number of fused-ring (bicyclic) bond motifs is 1. The number of anilines is 3. The third-order valence-electron chi connectivity index (χ3n) is 7.20. The number of nitrogens with zero attached hydrogens (tertiary/aromatic N) is 4. The van der Waals surface area contributed by atoms with Crippen LogP contribution >= 0.6 is 12.4 Å². The average molecular weight is 513 g/mol. The fourth-order valence-corrected chi connectivity index (χ4v) is 4.97. The van der Waals surface area contributed by atoms with Crippen LogP contribution in [0.15, 0.2) is 42.5 Å². The van der Waals surface area contributed by atoms with Gasteiger partial charge in [0, 0.05) is 35.3 Å². The topological polar surface area (TPSA) is 65.5 Å². The Morgan fingerprint density at radius 3 is 2.36 bits per heavy atom. The van der Waals surface area contributed by atoms with Crippen LogP contribution < -0.4 is 15.4 Å². The standard InChI is InChI=1S/C28H40N6O.ClH/c1-6-34(7-2)19-20-18-22(14-17-26(20)35-5)30-28-31-25-11-9-8-10-24(25)27(32-28)29-21-12-15-23(16-13-21)33(3)4;/h8-11,14,17-18,21,23H,6-7,12-13,15-16,19H2,1-5H3,(H2,29,30,31,32);1H. The first-order valence-electron chi connectivity index (χ1n) is 12.9. The first-order chi connectivity index (χ1) is 17.0. The Morgan fingerprint density at radius 2 is 1.69 bits per heavy atom. The molecule has 0 spiro atoms. The summed E-state index contributed by atoms with van der Waals surface area (Å²) in [6.07, 6.45) is 4.72. The van der Waals surface area contributed by atoms with Gasteiger partial charge in [-0.25, -0.2) is 4.98 Å². The predicted octanol–water partition coefficient (Wildman–Crippen LogP) is 5.93. The van der Waals surface area contributed by atoms with E-state index in [0.29, 0.717) is 18.0 Å². The number of ether oxygens (including phenoxy) is 1. The van der Waals surface area contributed by atoms with E-state index in [4.69, 9.17) is 14.7 Å². The van der Waals surface area contributed by atoms with Crippen LogP contribution in [0, 0.1) is 0 Å². The molecule has 2 N–H and O–H groups in total. The molecule has 2 aromatic carbocycles. The Bertz CT molecular complexity index is 1110. The maximum atomic E-state index is 5.63. The van der Waals surface area contributed by atoms with Crippen LogP contribution in [0.2, 0.25) is 0 Å². The summed E-state index contributed by atoms with van der Waals surface area (Å²) in [5.41, 5.74) is 3.05. The van der Waals surface area contributed by atoms with Gasteiger partial charge in [-0.2, -0.15) is 4.98 Å². The molecule has 0 unspecified atom stereocenters. The first-order valence-corrected chi connectivity index (χ1v) is 12.9. The molecule has 1 aliphatic rings. The number of nitrogens with one attached hydrogen (secondary N) is 2. The molecular weight excluding hydrogens is 472 g/mol. The van der Waals surface area contributed by atoms with Crippen LogP contribution in [0.3, 0.4) is 0 Å². The van der Waals surface area contributed by atoms with Crippen molar-refractivity contribution in [2.24, 2.45) is 0 Å². The van der Waals surface area contributed by atoms with Gasteiger partial charge < -0.3 is 20.3 Å². The number of para-hydroxylation sites is 1. The zero-order chi connectivity index (χ0) is 24.8. The summed E-state index contributed by atoms with van der Waals surface area (Å²) in [4.78, 5) is 14.5. The maximum Gasteiger partial charge on any atom is 0.229 e. The van der Waals surface area contributed by atoms with Gasteiger partial charge in [-0.05, 0) is 83.2 Å². The van der Waals surface area contributed by atoms with Crippen LogP contribution in [0.1, 0.15) is 45.1 Å². The number of benzene rings is 2. The second-order valence-electron chi connectivity index (χ2n) is 9.64. The van der Waals surface area contributed by atoms with Crippen molar-refractivity contribution >= 4 is 40.8 Å². The van der Waals surface area contributed by atoms with Gasteiger partial charge in [0.1, 0.15) is 11.6 Å². The molecule has 0 bridgehead atoms. The average Bonchev–Trinajstić information content (AvgIpc) is 2.87. The molecule has 0 radical (unpaired) electrons. The quantitative estimate of drug-likeness (QED) is 0.349. The molecule has 1 heterocycles. The Kier molecular flexibility index (Phi) is 10.2. The van der Waals surface area contributed by atoms with Gasteiger partial charge in [0.15, 0.2) is 0 Å². The zero-order valence-electron chi connectivity index (χ0n) is 22.3. The molecule has 0 amide bonds. The lowest BCUT2D eigenvalue weighted by atomic mass is 9.90. The van der Waals surface area contributed by atoms with Crippen LogP contribution in [0.5, 0.6) is 5.75 Å². The van der Waals surface area contributed by atoms with E-state index in [9.17, 15) is 0 Å². The Morgan fingerprint density at radius 1 is 0.972 bits per heavy atom. The van der Waals surface area contributed by atoms with E-state index >= 15 is 0 Å². The second-order valence-corrected chi connectivity index (χ2v) is 9.64. The van der Waals surface area contributed by atoms with Crippen molar-refractivity contribution in [3.63, 3.8) is 0 Å². The number of hydrogen-bond donors (Lipinski definition) is 2. The summed E-state index contributed by atoms with van der Waals surface area (Å²) in [7, 11) is 6.09. The highest BCUT2D eigenvalue weighted by molar-refractivity contribution is 5.90. The highest BCUT2D eigenvalue weighted by atomic mass is 35.5. The first kappa shape index (κ1) is 28.0. The summed E-state index contributed by atoms with van der Waals surface area (Å²) in [5, 5.41) is 8.26. The number of hydrogen-bond acceptors (Lipinski definition) is 7. The highest BCUT2D eigenvalue weighted by Crippen LogP contribution is 2.30. The number of aromatic nitrogens is 2. The smallest absolute Gasteiger partial charge is 0.229 e. The second kappa shape index (κ2) is 13.1. The van der Waals surface area contributed by atoms with E-state index in [0.717, 1.165) is 66.2 Å². The van der Waals surface area contributed by atoms with E-state index < -0.39 is 0 Å². The lowest BCUT2D eigenvalue weighted by molar-refractivity contribution is 0.221. The molecule has 1 aliphatic carbocycles. The van der Waals surface area contributed by atoms with Gasteiger partial charge in [0.25, 0.3) is 0 Å².